The van der Waals surface area contributed by atoms with Crippen LogP contribution in [-0.4, -0.2) is 27.5 Å². The number of aromatic nitrogens is 1. The third kappa shape index (κ3) is 4.31. The van der Waals surface area contributed by atoms with Crippen molar-refractivity contribution >= 4 is 5.82 Å². The first kappa shape index (κ1) is 19.7. The molecule has 0 aliphatic heterocycles. The third-order valence-corrected chi connectivity index (χ3v) is 2.32. The van der Waals surface area contributed by atoms with Crippen LogP contribution in [0.1, 0.15) is 18.1 Å². The maximum atomic E-state index is 13.5. The van der Waals surface area contributed by atoms with E-state index in [1.54, 1.807) is 0 Å². The van der Waals surface area contributed by atoms with Gasteiger partial charge in [-0.25, -0.2) is 4.39 Å². The Bertz CT molecular complexity index is 560. The standard InChI is InChI=1S/C10H6F6N2O2.Cu/c1-17-9-7(12)5(6(11)8(13)18-9)3(19)2-4(20)10(14,15)16;/h3-4,19-20H,2H2;. The van der Waals surface area contributed by atoms with Gasteiger partial charge < -0.3 is 15.1 Å². The topological polar surface area (TPSA) is 57.7 Å². The maximum absolute atomic E-state index is 13.5. The summed E-state index contributed by atoms with van der Waals surface area (Å²) in [6.07, 6.45) is -12.2. The van der Waals surface area contributed by atoms with Gasteiger partial charge in [-0.2, -0.15) is 22.0 Å². The second-order valence-electron chi connectivity index (χ2n) is 3.69. The summed E-state index contributed by atoms with van der Waals surface area (Å²) in [6.45, 7) is 6.45. The Hall–Kier alpha value is -1.34. The molecule has 0 aliphatic rings. The van der Waals surface area contributed by atoms with Crippen molar-refractivity contribution < 1.29 is 53.6 Å². The largest absolute Gasteiger partial charge is 0.414 e. The molecule has 0 saturated carbocycles. The molecular formula is C10H6CuF6N2O2. The van der Waals surface area contributed by atoms with E-state index in [0.29, 0.717) is 0 Å². The number of aliphatic hydroxyl groups is 2. The molecule has 1 aromatic rings. The van der Waals surface area contributed by atoms with Gasteiger partial charge in [0.2, 0.25) is 5.82 Å². The van der Waals surface area contributed by atoms with Gasteiger partial charge in [-0.3, -0.25) is 0 Å². The summed E-state index contributed by atoms with van der Waals surface area (Å²) in [6, 6.07) is 0. The number of rotatable bonds is 3. The maximum Gasteiger partial charge on any atom is 0.414 e. The molecule has 0 aliphatic carbocycles. The Morgan fingerprint density at radius 3 is 2.10 bits per heavy atom. The zero-order valence-electron chi connectivity index (χ0n) is 9.72. The first-order valence-corrected chi connectivity index (χ1v) is 4.94. The van der Waals surface area contributed by atoms with Crippen LogP contribution in [0.3, 0.4) is 0 Å². The van der Waals surface area contributed by atoms with Crippen LogP contribution in [0.4, 0.5) is 32.2 Å². The van der Waals surface area contributed by atoms with Crippen LogP contribution in [0.2, 0.25) is 0 Å². The molecule has 21 heavy (non-hydrogen) atoms. The van der Waals surface area contributed by atoms with E-state index in [4.69, 9.17) is 11.7 Å². The Kier molecular flexibility index (Phi) is 6.63. The van der Waals surface area contributed by atoms with Crippen LogP contribution < -0.4 is 0 Å². The van der Waals surface area contributed by atoms with Crippen LogP contribution >= 0.6 is 0 Å². The van der Waals surface area contributed by atoms with Gasteiger partial charge in [-0.15, -0.1) is 0 Å². The molecule has 11 heteroatoms. The Morgan fingerprint density at radius 2 is 1.67 bits per heavy atom. The predicted molar refractivity (Wildman–Crippen MR) is 52.0 cm³/mol. The molecule has 0 saturated heterocycles. The zero-order valence-corrected chi connectivity index (χ0v) is 10.7. The summed E-state index contributed by atoms with van der Waals surface area (Å²) in [4.78, 5) is 5.00. The van der Waals surface area contributed by atoms with Crippen molar-refractivity contribution in [1.29, 1.82) is 0 Å². The van der Waals surface area contributed by atoms with Gasteiger partial charge in [-0.1, -0.05) is 11.6 Å². The Balaban J connectivity index is 0.00000400. The molecule has 121 valence electrons. The number of nitrogens with zero attached hydrogens (tertiary/aromatic N) is 2. The predicted octanol–water partition coefficient (Wildman–Crippen LogP) is 2.39. The van der Waals surface area contributed by atoms with Crippen LogP contribution in [0.5, 0.6) is 0 Å². The van der Waals surface area contributed by atoms with E-state index in [9.17, 15) is 31.4 Å². The minimum absolute atomic E-state index is 0. The molecule has 0 bridgehead atoms. The van der Waals surface area contributed by atoms with Gasteiger partial charge >= 0.3 is 17.9 Å². The van der Waals surface area contributed by atoms with E-state index in [1.807, 2.05) is 0 Å². The average Bonchev–Trinajstić information content (AvgIpc) is 2.32. The van der Waals surface area contributed by atoms with Crippen LogP contribution in [0, 0.1) is 24.2 Å². The molecular weight excluding hydrogens is 358 g/mol. The molecule has 2 atom stereocenters. The smallest absolute Gasteiger partial charge is 0.388 e. The van der Waals surface area contributed by atoms with E-state index in [1.165, 1.54) is 0 Å². The van der Waals surface area contributed by atoms with Crippen LogP contribution in [-0.2, 0) is 17.1 Å². The number of hydrogen-bond donors (Lipinski definition) is 2. The fourth-order valence-electron chi connectivity index (χ4n) is 1.35. The second-order valence-corrected chi connectivity index (χ2v) is 3.69. The average molecular weight is 364 g/mol. The molecule has 1 aromatic heterocycles. The second kappa shape index (κ2) is 7.08. The van der Waals surface area contributed by atoms with Gasteiger partial charge in [0, 0.05) is 23.5 Å². The SMILES string of the molecule is [C-]#[N+]c1nc(F)c(F)c(C(O)CC(O)C(F)(F)F)c1F.[Cu]. The summed E-state index contributed by atoms with van der Waals surface area (Å²) < 4.78 is 75.9. The fraction of sp³-hybridized carbons (Fsp3) is 0.400. The first-order chi connectivity index (χ1) is 9.09. The van der Waals surface area contributed by atoms with Gasteiger partial charge in [0.1, 0.15) is 0 Å². The molecule has 1 radical (unpaired) electrons. The van der Waals surface area contributed by atoms with Crippen molar-refractivity contribution in [2.24, 2.45) is 0 Å². The van der Waals surface area contributed by atoms with Gasteiger partial charge in [0.25, 0.3) is 0 Å². The molecule has 0 amide bonds. The van der Waals surface area contributed by atoms with E-state index < -0.39 is 53.8 Å². The van der Waals surface area contributed by atoms with Crippen molar-refractivity contribution in [3.8, 4) is 0 Å². The molecule has 0 aromatic carbocycles. The quantitative estimate of drug-likeness (QED) is 0.375. The van der Waals surface area contributed by atoms with Crippen molar-refractivity contribution in [3.05, 3.63) is 34.6 Å². The summed E-state index contributed by atoms with van der Waals surface area (Å²) in [5, 5.41) is 18.0. The molecule has 0 fully saturated rings. The van der Waals surface area contributed by atoms with Crippen LogP contribution in [0.25, 0.3) is 4.85 Å². The van der Waals surface area contributed by atoms with Crippen LogP contribution in [0.15, 0.2) is 0 Å². The van der Waals surface area contributed by atoms with E-state index in [0.717, 1.165) is 0 Å². The zero-order chi connectivity index (χ0) is 15.7. The third-order valence-electron chi connectivity index (χ3n) is 2.32. The van der Waals surface area contributed by atoms with Crippen molar-refractivity contribution in [2.45, 2.75) is 24.8 Å². The monoisotopic (exact) mass is 363 g/mol. The number of aliphatic hydroxyl groups excluding tert-OH is 2. The number of pyridine rings is 1. The molecule has 0 spiro atoms. The number of halogens is 6. The van der Waals surface area contributed by atoms with E-state index in [2.05, 4.69) is 9.83 Å². The number of hydrogen-bond acceptors (Lipinski definition) is 3. The Morgan fingerprint density at radius 1 is 1.14 bits per heavy atom. The van der Waals surface area contributed by atoms with Gasteiger partial charge in [-0.05, 0) is 0 Å². The normalized spacial score (nSPS) is 14.0. The molecule has 4 nitrogen and oxygen atoms in total. The molecule has 1 heterocycles. The van der Waals surface area contributed by atoms with Crippen molar-refractivity contribution in [3.63, 3.8) is 0 Å². The summed E-state index contributed by atoms with van der Waals surface area (Å²) in [5.41, 5.74) is -1.48. The fourth-order valence-corrected chi connectivity index (χ4v) is 1.35. The number of alkyl halides is 3. The van der Waals surface area contributed by atoms with Gasteiger partial charge in [0.15, 0.2) is 11.9 Å². The van der Waals surface area contributed by atoms with Crippen molar-refractivity contribution in [1.82, 2.24) is 4.98 Å². The molecule has 2 N–H and O–H groups in total. The summed E-state index contributed by atoms with van der Waals surface area (Å²) >= 11 is 0. The minimum Gasteiger partial charge on any atom is -0.388 e. The summed E-state index contributed by atoms with van der Waals surface area (Å²) in [5.74, 6) is -6.97. The van der Waals surface area contributed by atoms with Gasteiger partial charge in [0.05, 0.1) is 11.7 Å². The molecule has 2 unspecified atom stereocenters. The van der Waals surface area contributed by atoms with E-state index in [-0.39, 0.29) is 17.1 Å². The first-order valence-electron chi connectivity index (χ1n) is 4.94. The summed E-state index contributed by atoms with van der Waals surface area (Å²) in [7, 11) is 0. The molecule has 1 rings (SSSR count). The van der Waals surface area contributed by atoms with E-state index >= 15 is 0 Å². The van der Waals surface area contributed by atoms with Crippen molar-refractivity contribution in [2.75, 3.05) is 0 Å². The Labute approximate surface area is 124 Å². The minimum atomic E-state index is -5.12.